The Balaban J connectivity index is 1.88. The Kier molecular flexibility index (Phi) is 30.7. The zero-order valence-corrected chi connectivity index (χ0v) is 49.9. The minimum absolute atomic E-state index is 0.0110. The fraction of sp³-hybridized carbons (Fsp3) is 0.517. The van der Waals surface area contributed by atoms with E-state index in [1.54, 1.807) is 114 Å². The standard InChI is InChI=1S/C58H86N14O15/c1-8-33(6)44(53(81)70-45(34(7)74)52(80)64-28-42(75)65-40(26-36-19-15-23-62-27-36)51(79)68-41(29-73)56(84)85)69-49(77)38(22-16-24-63-57(60)61)66-50(78)39(25-31(2)3)67-55(83)47(48(76)32(4)5)71-54(82)46(43(59)37-20-13-10-14-21-37)72-58(86)87-30-35-17-11-9-12-18-35/h9-15,17-21,23,27,31-34,38-41,43-48,73-74,76H,8,16,22,24-26,28-30,59H2,1-7H3,(H,64,80)(H,65,75)(H,66,78)(H,67,83)(H,68,79)(H,69,77)(H,70,81)(H,71,82)(H,72,86)(H,84,85)(H4,60,61,63)/t33-,34-,38+,39-,40-,41-,43+,44-,45-,46-,47-,48+/m0/s1. The van der Waals surface area contributed by atoms with E-state index in [4.69, 9.17) is 21.9 Å². The Morgan fingerprint density at radius 3 is 1.74 bits per heavy atom. The molecule has 3 aromatic rings. The van der Waals surface area contributed by atoms with Gasteiger partial charge in [0.2, 0.25) is 47.3 Å². The first kappa shape index (κ1) is 72.5. The topological polar surface area (TPSA) is 472 Å². The number of aromatic nitrogens is 1. The van der Waals surface area contributed by atoms with Gasteiger partial charge in [-0.2, -0.15) is 0 Å². The SMILES string of the molecule is CC[C@H](C)[C@H](NC(=O)[C@@H](CCCN=C(N)N)NC(=O)[C@H](CC(C)C)NC(=O)[C@@H](NC(=O)[C@@H](NC(=O)OCc1ccccc1)[C@H](N)c1ccccc1)[C@H](O)C(C)C)C(=O)N[C@H](C(=O)NCC(=O)N[C@@H](Cc1cccnc1)C(=O)N[C@@H](CO)C(=O)O)[C@H](C)O. The molecule has 87 heavy (non-hydrogen) atoms. The number of hydrogen-bond donors (Lipinski definition) is 16. The van der Waals surface area contributed by atoms with Crippen LogP contribution >= 0.6 is 0 Å². The van der Waals surface area contributed by atoms with Crippen LogP contribution in [0.4, 0.5) is 4.79 Å². The number of aliphatic hydroxyl groups excluding tert-OH is 3. The van der Waals surface area contributed by atoms with Gasteiger partial charge < -0.3 is 90.2 Å². The van der Waals surface area contributed by atoms with Crippen molar-refractivity contribution in [3.05, 3.63) is 102 Å². The summed E-state index contributed by atoms with van der Waals surface area (Å²) in [4.78, 5) is 145. The van der Waals surface area contributed by atoms with Gasteiger partial charge in [0.1, 0.15) is 54.9 Å². The Labute approximate surface area is 504 Å². The maximum Gasteiger partial charge on any atom is 0.408 e. The zero-order chi connectivity index (χ0) is 64.9. The van der Waals surface area contributed by atoms with E-state index in [9.17, 15) is 68.4 Å². The molecule has 29 heteroatoms. The lowest BCUT2D eigenvalue weighted by Gasteiger charge is -2.32. The molecule has 0 saturated carbocycles. The van der Waals surface area contributed by atoms with Crippen molar-refractivity contribution in [3.63, 3.8) is 0 Å². The number of aliphatic imine (C=N–C) groups is 1. The number of carbonyl (C=O) groups excluding carboxylic acids is 9. The van der Waals surface area contributed by atoms with E-state index >= 15 is 0 Å². The number of aliphatic hydroxyl groups is 3. The molecule has 0 aliphatic carbocycles. The Hall–Kier alpha value is -8.80. The van der Waals surface area contributed by atoms with Crippen LogP contribution in [-0.4, -0.2) is 171 Å². The Morgan fingerprint density at radius 1 is 0.621 bits per heavy atom. The van der Waals surface area contributed by atoms with Crippen molar-refractivity contribution >= 4 is 65.3 Å². The number of benzene rings is 2. The fourth-order valence-electron chi connectivity index (χ4n) is 8.57. The van der Waals surface area contributed by atoms with Gasteiger partial charge in [-0.15, -0.1) is 0 Å². The summed E-state index contributed by atoms with van der Waals surface area (Å²) in [5.41, 5.74) is 19.2. The number of guanidine groups is 1. The van der Waals surface area contributed by atoms with E-state index in [1.807, 2.05) is 0 Å². The minimum Gasteiger partial charge on any atom is -0.480 e. The molecule has 0 saturated heterocycles. The second-order valence-corrected chi connectivity index (χ2v) is 21.6. The van der Waals surface area contributed by atoms with Crippen molar-refractivity contribution in [2.75, 3.05) is 19.7 Å². The maximum atomic E-state index is 14.5. The first-order valence-electron chi connectivity index (χ1n) is 28.5. The summed E-state index contributed by atoms with van der Waals surface area (Å²) in [7, 11) is 0. The van der Waals surface area contributed by atoms with E-state index in [0.29, 0.717) is 16.7 Å². The molecule has 12 atom stereocenters. The van der Waals surface area contributed by atoms with Crippen molar-refractivity contribution in [1.82, 2.24) is 52.8 Å². The highest BCUT2D eigenvalue weighted by Gasteiger charge is 2.39. The predicted molar refractivity (Wildman–Crippen MR) is 317 cm³/mol. The lowest BCUT2D eigenvalue weighted by atomic mass is 9.95. The molecule has 2 aromatic carbocycles. The third-order valence-corrected chi connectivity index (χ3v) is 13.7. The number of hydrogen-bond acceptors (Lipinski definition) is 17. The van der Waals surface area contributed by atoms with Crippen LogP contribution in [0.3, 0.4) is 0 Å². The molecule has 0 unspecified atom stereocenters. The molecule has 19 N–H and O–H groups in total. The van der Waals surface area contributed by atoms with Crippen LogP contribution in [0.25, 0.3) is 0 Å². The Bertz CT molecular complexity index is 2760. The van der Waals surface area contributed by atoms with Gasteiger partial charge in [-0.25, -0.2) is 9.59 Å². The number of nitrogens with one attached hydrogen (secondary N) is 9. The lowest BCUT2D eigenvalue weighted by Crippen LogP contribution is -2.63. The van der Waals surface area contributed by atoms with Crippen LogP contribution in [0.2, 0.25) is 0 Å². The maximum absolute atomic E-state index is 14.5. The molecule has 0 radical (unpaired) electrons. The van der Waals surface area contributed by atoms with Gasteiger partial charge in [0.15, 0.2) is 5.96 Å². The van der Waals surface area contributed by atoms with E-state index in [0.717, 1.165) is 0 Å². The number of pyridine rings is 1. The van der Waals surface area contributed by atoms with Crippen molar-refractivity contribution in [2.45, 2.75) is 154 Å². The first-order chi connectivity index (χ1) is 41.2. The van der Waals surface area contributed by atoms with Crippen molar-refractivity contribution in [3.8, 4) is 0 Å². The number of carbonyl (C=O) groups is 10. The number of nitrogens with zero attached hydrogens (tertiary/aromatic N) is 2. The fourth-order valence-corrected chi connectivity index (χ4v) is 8.57. The molecule has 1 heterocycles. The monoisotopic (exact) mass is 1220 g/mol. The quantitative estimate of drug-likeness (QED) is 0.0166. The second kappa shape index (κ2) is 36.9. The molecule has 0 fully saturated rings. The van der Waals surface area contributed by atoms with E-state index < -0.39 is 151 Å². The first-order valence-corrected chi connectivity index (χ1v) is 28.5. The van der Waals surface area contributed by atoms with Gasteiger partial charge in [0.05, 0.1) is 31.4 Å². The van der Waals surface area contributed by atoms with Crippen LogP contribution in [0, 0.1) is 17.8 Å². The average molecular weight is 1220 g/mol. The number of amides is 9. The van der Waals surface area contributed by atoms with Gasteiger partial charge in [0, 0.05) is 25.4 Å². The highest BCUT2D eigenvalue weighted by atomic mass is 16.5. The van der Waals surface area contributed by atoms with Crippen molar-refractivity contribution in [2.24, 2.45) is 39.9 Å². The summed E-state index contributed by atoms with van der Waals surface area (Å²) in [5.74, 6) is -11.2. The molecule has 3 rings (SSSR count). The molecule has 0 spiro atoms. The van der Waals surface area contributed by atoms with Gasteiger partial charge >= 0.3 is 12.1 Å². The number of rotatable bonds is 36. The number of nitrogens with two attached hydrogens (primary N) is 3. The second-order valence-electron chi connectivity index (χ2n) is 21.6. The molecule has 29 nitrogen and oxygen atoms in total. The lowest BCUT2D eigenvalue weighted by molar-refractivity contribution is -0.143. The van der Waals surface area contributed by atoms with Gasteiger partial charge in [-0.3, -0.25) is 48.3 Å². The summed E-state index contributed by atoms with van der Waals surface area (Å²) in [6, 6.07) is 6.45. The zero-order valence-electron chi connectivity index (χ0n) is 49.9. The smallest absolute Gasteiger partial charge is 0.408 e. The van der Waals surface area contributed by atoms with Crippen LogP contribution in [0.15, 0.2) is 90.2 Å². The Morgan fingerprint density at radius 2 is 1.17 bits per heavy atom. The van der Waals surface area contributed by atoms with Crippen molar-refractivity contribution < 1.29 is 73.1 Å². The highest BCUT2D eigenvalue weighted by Crippen LogP contribution is 2.18. The summed E-state index contributed by atoms with van der Waals surface area (Å²) in [5, 5.41) is 63.3. The van der Waals surface area contributed by atoms with E-state index in [1.165, 1.54) is 19.3 Å². The summed E-state index contributed by atoms with van der Waals surface area (Å²) >= 11 is 0. The predicted octanol–water partition coefficient (Wildman–Crippen LogP) is -2.25. The number of carboxylic acid groups (broad SMARTS) is 1. The molecule has 9 amide bonds. The molecule has 478 valence electrons. The van der Waals surface area contributed by atoms with Gasteiger partial charge in [-0.1, -0.05) is 115 Å². The summed E-state index contributed by atoms with van der Waals surface area (Å²) in [6.45, 7) is 9.21. The number of ether oxygens (including phenoxy) is 1. The summed E-state index contributed by atoms with van der Waals surface area (Å²) < 4.78 is 5.39. The van der Waals surface area contributed by atoms with E-state index in [-0.39, 0.29) is 57.1 Å². The van der Waals surface area contributed by atoms with Crippen LogP contribution in [0.5, 0.6) is 0 Å². The van der Waals surface area contributed by atoms with Crippen molar-refractivity contribution in [1.29, 1.82) is 0 Å². The summed E-state index contributed by atoms with van der Waals surface area (Å²) in [6.07, 6.45) is -1.36. The van der Waals surface area contributed by atoms with Crippen LogP contribution in [0.1, 0.15) is 96.9 Å². The molecule has 1 aromatic heterocycles. The third-order valence-electron chi connectivity index (χ3n) is 13.7. The third kappa shape index (κ3) is 25.0. The molecular formula is C58H86N14O15. The number of aliphatic carboxylic acids is 1. The van der Waals surface area contributed by atoms with Crippen LogP contribution < -0.4 is 65.1 Å². The average Bonchev–Trinajstić information content (AvgIpc) is 2.78. The normalized spacial score (nSPS) is 15.3. The molecular weight excluding hydrogens is 1130 g/mol. The van der Waals surface area contributed by atoms with Crippen LogP contribution in [-0.2, 0) is 60.9 Å². The molecule has 0 aliphatic heterocycles. The van der Waals surface area contributed by atoms with Gasteiger partial charge in [0.25, 0.3) is 0 Å². The minimum atomic E-state index is -1.76. The van der Waals surface area contributed by atoms with E-state index in [2.05, 4.69) is 57.8 Å². The molecule has 0 aliphatic rings. The number of carboxylic acids is 1. The number of alkyl carbamates (subject to hydrolysis) is 1. The molecule has 0 bridgehead atoms. The largest absolute Gasteiger partial charge is 0.480 e. The van der Waals surface area contributed by atoms with Gasteiger partial charge in [-0.05, 0) is 66.7 Å². The highest BCUT2D eigenvalue weighted by molar-refractivity contribution is 5.98.